The number of hydrogen-bond acceptors (Lipinski definition) is 5. The van der Waals surface area contributed by atoms with E-state index in [4.69, 9.17) is 10.8 Å². The maximum absolute atomic E-state index is 10.6. The summed E-state index contributed by atoms with van der Waals surface area (Å²) in [4.78, 5) is 14.4. The molecule has 0 atom stereocenters. The lowest BCUT2D eigenvalue weighted by atomic mass is 10.2. The van der Waals surface area contributed by atoms with E-state index in [9.17, 15) is 10.1 Å². The van der Waals surface area contributed by atoms with Crippen molar-refractivity contribution < 1.29 is 9.34 Å². The Hall–Kier alpha value is -2.55. The van der Waals surface area contributed by atoms with E-state index in [2.05, 4.69) is 16.2 Å². The molecular formula is C13H13N3O3. The lowest BCUT2D eigenvalue weighted by molar-refractivity contribution is -0.384. The predicted octanol–water partition coefficient (Wildman–Crippen LogP) is 2.95. The van der Waals surface area contributed by atoms with Gasteiger partial charge in [-0.3, -0.25) is 10.1 Å². The average Bonchev–Trinajstić information content (AvgIpc) is 2.80. The molecule has 0 spiro atoms. The van der Waals surface area contributed by atoms with Crippen LogP contribution in [0.15, 0.2) is 22.6 Å². The van der Waals surface area contributed by atoms with Gasteiger partial charge in [0.15, 0.2) is 5.58 Å². The summed E-state index contributed by atoms with van der Waals surface area (Å²) in [7, 11) is 0. The Morgan fingerprint density at radius 2 is 2.32 bits per heavy atom. The predicted molar refractivity (Wildman–Crippen MR) is 71.8 cm³/mol. The van der Waals surface area contributed by atoms with E-state index in [0.29, 0.717) is 23.7 Å². The van der Waals surface area contributed by atoms with Gasteiger partial charge in [-0.15, -0.1) is 12.3 Å². The number of rotatable bonds is 6. The normalized spacial score (nSPS) is 10.3. The molecule has 0 aliphatic heterocycles. The van der Waals surface area contributed by atoms with Crippen LogP contribution in [0, 0.1) is 22.5 Å². The average molecular weight is 259 g/mol. The second-order valence-corrected chi connectivity index (χ2v) is 4.02. The van der Waals surface area contributed by atoms with Gasteiger partial charge in [-0.1, -0.05) is 0 Å². The molecule has 19 heavy (non-hydrogen) atoms. The highest BCUT2D eigenvalue weighted by molar-refractivity contribution is 5.77. The van der Waals surface area contributed by atoms with Gasteiger partial charge >= 0.3 is 0 Å². The smallest absolute Gasteiger partial charge is 0.295 e. The fourth-order valence-corrected chi connectivity index (χ4v) is 1.65. The van der Waals surface area contributed by atoms with Crippen molar-refractivity contribution in [1.29, 1.82) is 0 Å². The third-order valence-electron chi connectivity index (χ3n) is 2.61. The van der Waals surface area contributed by atoms with Crippen molar-refractivity contribution in [2.24, 2.45) is 0 Å². The number of aromatic nitrogens is 1. The number of non-ortho nitro benzene ring substituents is 1. The number of anilines is 1. The van der Waals surface area contributed by atoms with Gasteiger partial charge < -0.3 is 9.73 Å². The van der Waals surface area contributed by atoms with E-state index >= 15 is 0 Å². The number of terminal acetylenes is 1. The summed E-state index contributed by atoms with van der Waals surface area (Å²) >= 11 is 0. The van der Waals surface area contributed by atoms with E-state index in [0.717, 1.165) is 19.3 Å². The van der Waals surface area contributed by atoms with Crippen molar-refractivity contribution in [3.8, 4) is 12.3 Å². The number of oxazole rings is 1. The van der Waals surface area contributed by atoms with Crippen molar-refractivity contribution in [3.63, 3.8) is 0 Å². The number of nitro benzene ring substituents is 1. The molecule has 6 nitrogen and oxygen atoms in total. The fourth-order valence-electron chi connectivity index (χ4n) is 1.65. The lowest BCUT2D eigenvalue weighted by Crippen LogP contribution is -2.00. The van der Waals surface area contributed by atoms with E-state index in [1.807, 2.05) is 0 Å². The minimum atomic E-state index is -0.463. The van der Waals surface area contributed by atoms with Crippen LogP contribution >= 0.6 is 0 Å². The van der Waals surface area contributed by atoms with Crippen LogP contribution in [0.3, 0.4) is 0 Å². The number of hydrogen-bond donors (Lipinski definition) is 1. The molecule has 0 fully saturated rings. The van der Waals surface area contributed by atoms with E-state index < -0.39 is 4.92 Å². The lowest BCUT2D eigenvalue weighted by Gasteiger charge is -1.98. The van der Waals surface area contributed by atoms with Gasteiger partial charge in [-0.2, -0.15) is 4.98 Å². The number of nitrogens with one attached hydrogen (secondary N) is 1. The molecule has 0 bridgehead atoms. The minimum absolute atomic E-state index is 0.00998. The molecule has 2 rings (SSSR count). The minimum Gasteiger partial charge on any atom is -0.423 e. The van der Waals surface area contributed by atoms with Crippen molar-refractivity contribution in [1.82, 2.24) is 4.98 Å². The first-order chi connectivity index (χ1) is 9.20. The van der Waals surface area contributed by atoms with Crippen LogP contribution in [0.25, 0.3) is 11.1 Å². The molecule has 0 saturated heterocycles. The molecule has 98 valence electrons. The highest BCUT2D eigenvalue weighted by atomic mass is 16.6. The van der Waals surface area contributed by atoms with Gasteiger partial charge in [0.25, 0.3) is 11.7 Å². The van der Waals surface area contributed by atoms with Crippen LogP contribution in [0.2, 0.25) is 0 Å². The van der Waals surface area contributed by atoms with Gasteiger partial charge in [-0.05, 0) is 18.9 Å². The zero-order valence-electron chi connectivity index (χ0n) is 10.3. The SMILES string of the molecule is C#CCCCCNc1nc2ccc([N+](=O)[O-])cc2o1. The van der Waals surface area contributed by atoms with Crippen LogP contribution in [-0.4, -0.2) is 16.5 Å². The third-order valence-corrected chi connectivity index (χ3v) is 2.61. The number of nitrogens with zero attached hydrogens (tertiary/aromatic N) is 2. The van der Waals surface area contributed by atoms with Crippen molar-refractivity contribution >= 4 is 22.8 Å². The monoisotopic (exact) mass is 259 g/mol. The summed E-state index contributed by atoms with van der Waals surface area (Å²) in [6.45, 7) is 0.705. The van der Waals surface area contributed by atoms with Crippen LogP contribution in [0.5, 0.6) is 0 Å². The van der Waals surface area contributed by atoms with Gasteiger partial charge in [0, 0.05) is 19.0 Å². The highest BCUT2D eigenvalue weighted by Gasteiger charge is 2.11. The van der Waals surface area contributed by atoms with Crippen LogP contribution in [-0.2, 0) is 0 Å². The second-order valence-electron chi connectivity index (χ2n) is 4.02. The number of unbranched alkanes of at least 4 members (excludes halogenated alkanes) is 2. The van der Waals surface area contributed by atoms with Gasteiger partial charge in [0.05, 0.1) is 11.0 Å². The van der Waals surface area contributed by atoms with Gasteiger partial charge in [0.2, 0.25) is 0 Å². The first-order valence-corrected chi connectivity index (χ1v) is 5.93. The fraction of sp³-hybridized carbons (Fsp3) is 0.308. The van der Waals surface area contributed by atoms with E-state index in [1.165, 1.54) is 12.1 Å². The molecule has 0 aliphatic carbocycles. The third kappa shape index (κ3) is 3.22. The Kier molecular flexibility index (Phi) is 3.98. The van der Waals surface area contributed by atoms with Gasteiger partial charge in [0.1, 0.15) is 5.52 Å². The zero-order valence-corrected chi connectivity index (χ0v) is 10.3. The van der Waals surface area contributed by atoms with Gasteiger partial charge in [-0.25, -0.2) is 0 Å². The number of fused-ring (bicyclic) bond motifs is 1. The Labute approximate surface area is 110 Å². The summed E-state index contributed by atoms with van der Waals surface area (Å²) in [5.74, 6) is 2.57. The molecule has 1 heterocycles. The van der Waals surface area contributed by atoms with E-state index in [-0.39, 0.29) is 5.69 Å². The molecule has 6 heteroatoms. The molecule has 0 amide bonds. The number of nitro groups is 1. The molecule has 1 aromatic heterocycles. The summed E-state index contributed by atoms with van der Waals surface area (Å²) in [6, 6.07) is 4.71. The van der Waals surface area contributed by atoms with Crippen molar-refractivity contribution in [2.75, 3.05) is 11.9 Å². The molecule has 0 aliphatic rings. The summed E-state index contributed by atoms with van der Waals surface area (Å²) in [5.41, 5.74) is 0.987. The summed E-state index contributed by atoms with van der Waals surface area (Å²) < 4.78 is 5.40. The maximum atomic E-state index is 10.6. The summed E-state index contributed by atoms with van der Waals surface area (Å²) in [5, 5.41) is 13.7. The van der Waals surface area contributed by atoms with Crippen molar-refractivity contribution in [3.05, 3.63) is 28.3 Å². The topological polar surface area (TPSA) is 81.2 Å². The highest BCUT2D eigenvalue weighted by Crippen LogP contribution is 2.23. The summed E-state index contributed by atoms with van der Waals surface area (Å²) in [6.07, 6.45) is 7.77. The Bertz CT molecular complexity index is 628. The zero-order chi connectivity index (χ0) is 13.7. The molecule has 1 N–H and O–H groups in total. The first kappa shape index (κ1) is 12.9. The molecule has 2 aromatic rings. The maximum Gasteiger partial charge on any atom is 0.295 e. The van der Waals surface area contributed by atoms with E-state index in [1.54, 1.807) is 6.07 Å². The molecule has 0 radical (unpaired) electrons. The standard InChI is InChI=1S/C13H13N3O3/c1-2-3-4-5-8-14-13-15-11-7-6-10(16(17)18)9-12(11)19-13/h1,6-7,9H,3-5,8H2,(H,14,15). The largest absolute Gasteiger partial charge is 0.423 e. The van der Waals surface area contributed by atoms with Crippen LogP contribution in [0.1, 0.15) is 19.3 Å². The molecular weight excluding hydrogens is 246 g/mol. The van der Waals surface area contributed by atoms with Crippen LogP contribution < -0.4 is 5.32 Å². The Morgan fingerprint density at radius 3 is 3.05 bits per heavy atom. The van der Waals surface area contributed by atoms with Crippen molar-refractivity contribution in [2.45, 2.75) is 19.3 Å². The Balaban J connectivity index is 2.01. The van der Waals surface area contributed by atoms with Crippen LogP contribution in [0.4, 0.5) is 11.7 Å². The second kappa shape index (κ2) is 5.87. The molecule has 0 unspecified atom stereocenters. The number of benzene rings is 1. The Morgan fingerprint density at radius 1 is 1.47 bits per heavy atom. The quantitative estimate of drug-likeness (QED) is 0.373. The molecule has 1 aromatic carbocycles. The first-order valence-electron chi connectivity index (χ1n) is 5.93. The molecule has 0 saturated carbocycles.